The summed E-state index contributed by atoms with van der Waals surface area (Å²) in [6.07, 6.45) is 5.40. The lowest BCUT2D eigenvalue weighted by Crippen LogP contribution is -2.42. The Morgan fingerprint density at radius 3 is 2.78 bits per heavy atom. The Morgan fingerprint density at radius 2 is 2.15 bits per heavy atom. The molecule has 1 saturated carbocycles. The van der Waals surface area contributed by atoms with Crippen LogP contribution in [0, 0.1) is 11.8 Å². The van der Waals surface area contributed by atoms with E-state index in [2.05, 4.69) is 25.8 Å². The van der Waals surface area contributed by atoms with Gasteiger partial charge in [-0.05, 0) is 49.7 Å². The Kier molecular flexibility index (Phi) is 4.38. The van der Waals surface area contributed by atoms with Gasteiger partial charge < -0.3 is 9.30 Å². The lowest BCUT2D eigenvalue weighted by atomic mass is 9.78. The maximum absolute atomic E-state index is 12.3. The van der Waals surface area contributed by atoms with Crippen LogP contribution in [0.15, 0.2) is 23.1 Å². The highest BCUT2D eigenvalue weighted by Crippen LogP contribution is 2.43. The Hall–Kier alpha value is -2.14. The Morgan fingerprint density at radius 1 is 1.41 bits per heavy atom. The van der Waals surface area contributed by atoms with Crippen LogP contribution in [0.4, 0.5) is 0 Å². The summed E-state index contributed by atoms with van der Waals surface area (Å²) in [7, 11) is 0. The van der Waals surface area contributed by atoms with Gasteiger partial charge in [0.2, 0.25) is 0 Å². The van der Waals surface area contributed by atoms with Crippen molar-refractivity contribution >= 4 is 17.9 Å². The maximum Gasteiger partial charge on any atom is 0.192 e. The third kappa shape index (κ3) is 3.08. The molecule has 3 heterocycles. The number of ether oxygens (including phenoxy) is 1. The van der Waals surface area contributed by atoms with E-state index in [9.17, 15) is 9.59 Å². The number of aldehydes is 1. The third-order valence-corrected chi connectivity index (χ3v) is 6.26. The average molecular weight is 387 g/mol. The second-order valence-electron chi connectivity index (χ2n) is 8.19. The van der Waals surface area contributed by atoms with E-state index in [0.717, 1.165) is 12.0 Å². The second kappa shape index (κ2) is 6.48. The summed E-state index contributed by atoms with van der Waals surface area (Å²) in [6, 6.07) is 3.46. The van der Waals surface area contributed by atoms with E-state index < -0.39 is 0 Å². The van der Waals surface area contributed by atoms with Gasteiger partial charge in [-0.2, -0.15) is 0 Å². The molecule has 0 saturated heterocycles. The predicted octanol–water partition coefficient (Wildman–Crippen LogP) is 4.09. The first-order chi connectivity index (χ1) is 12.8. The van der Waals surface area contributed by atoms with Gasteiger partial charge in [-0.15, -0.1) is 0 Å². The number of hydrogen-bond acceptors (Lipinski definition) is 4. The molecule has 1 fully saturated rings. The largest absolute Gasteiger partial charge is 0.490 e. The molecule has 0 amide bonds. The number of pyridine rings is 2. The highest BCUT2D eigenvalue weighted by Gasteiger charge is 2.38. The summed E-state index contributed by atoms with van der Waals surface area (Å²) in [5, 5.41) is 0.306. The molecule has 142 valence electrons. The van der Waals surface area contributed by atoms with Gasteiger partial charge in [0.05, 0.1) is 23.6 Å². The van der Waals surface area contributed by atoms with Gasteiger partial charge in [0.15, 0.2) is 22.6 Å². The highest BCUT2D eigenvalue weighted by molar-refractivity contribution is 6.31. The van der Waals surface area contributed by atoms with E-state index in [1.165, 1.54) is 18.9 Å². The van der Waals surface area contributed by atoms with E-state index in [4.69, 9.17) is 16.3 Å². The molecular weight excluding hydrogens is 364 g/mol. The van der Waals surface area contributed by atoms with Crippen molar-refractivity contribution in [1.82, 2.24) is 9.55 Å². The summed E-state index contributed by atoms with van der Waals surface area (Å²) in [5.41, 5.74) is 1.95. The highest BCUT2D eigenvalue weighted by atomic mass is 35.5. The standard InChI is InChI=1S/C21H23ClN2O3/c1-12(2)21(3)8-14-6-18(27-11-13-4-5-13)20(22)23-19(14)16-7-17(26)15(10-25)9-24(16)21/h6-7,9-10,12-13H,4-5,8,11H2,1-3H3. The zero-order valence-electron chi connectivity index (χ0n) is 15.8. The minimum Gasteiger partial charge on any atom is -0.490 e. The van der Waals surface area contributed by atoms with Crippen molar-refractivity contribution in [2.75, 3.05) is 6.61 Å². The zero-order valence-corrected chi connectivity index (χ0v) is 16.5. The number of carbonyl (C=O) groups is 1. The van der Waals surface area contributed by atoms with Crippen LogP contribution in [0.3, 0.4) is 0 Å². The molecular formula is C21H23ClN2O3. The lowest BCUT2D eigenvalue weighted by Gasteiger charge is -2.42. The molecule has 0 radical (unpaired) electrons. The minimum atomic E-state index is -0.304. The topological polar surface area (TPSA) is 61.2 Å². The fourth-order valence-electron chi connectivity index (χ4n) is 3.66. The second-order valence-corrected chi connectivity index (χ2v) is 8.55. The minimum absolute atomic E-state index is 0.157. The van der Waals surface area contributed by atoms with Crippen LogP contribution in [0.25, 0.3) is 11.4 Å². The fraction of sp³-hybridized carbons (Fsp3) is 0.476. The van der Waals surface area contributed by atoms with Crippen molar-refractivity contribution in [2.24, 2.45) is 11.8 Å². The predicted molar refractivity (Wildman–Crippen MR) is 105 cm³/mol. The molecule has 1 atom stereocenters. The number of carbonyl (C=O) groups excluding carboxylic acids is 1. The molecule has 1 unspecified atom stereocenters. The quantitative estimate of drug-likeness (QED) is 0.573. The molecule has 6 heteroatoms. The van der Waals surface area contributed by atoms with Gasteiger partial charge in [-0.3, -0.25) is 9.59 Å². The molecule has 27 heavy (non-hydrogen) atoms. The molecule has 0 spiro atoms. The molecule has 0 aromatic carbocycles. The van der Waals surface area contributed by atoms with Gasteiger partial charge in [-0.1, -0.05) is 25.4 Å². The van der Waals surface area contributed by atoms with Crippen molar-refractivity contribution in [3.8, 4) is 17.1 Å². The van der Waals surface area contributed by atoms with E-state index >= 15 is 0 Å². The molecule has 4 rings (SSSR count). The fourth-order valence-corrected chi connectivity index (χ4v) is 3.85. The number of aromatic nitrogens is 2. The van der Waals surface area contributed by atoms with Crippen LogP contribution >= 0.6 is 11.6 Å². The average Bonchev–Trinajstić information content (AvgIpc) is 3.45. The Balaban J connectivity index is 1.88. The number of rotatable bonds is 5. The lowest BCUT2D eigenvalue weighted by molar-refractivity contribution is 0.112. The van der Waals surface area contributed by atoms with Gasteiger partial charge in [-0.25, -0.2) is 4.98 Å². The summed E-state index contributed by atoms with van der Waals surface area (Å²) in [6.45, 7) is 7.09. The molecule has 5 nitrogen and oxygen atoms in total. The van der Waals surface area contributed by atoms with Crippen molar-refractivity contribution in [1.29, 1.82) is 0 Å². The Labute approximate surface area is 163 Å². The number of hydrogen-bond donors (Lipinski definition) is 0. The first-order valence-electron chi connectivity index (χ1n) is 9.38. The summed E-state index contributed by atoms with van der Waals surface area (Å²) >= 11 is 6.38. The van der Waals surface area contributed by atoms with E-state index in [1.807, 2.05) is 10.6 Å². The zero-order chi connectivity index (χ0) is 19.3. The van der Waals surface area contributed by atoms with Crippen molar-refractivity contribution < 1.29 is 9.53 Å². The summed E-state index contributed by atoms with van der Waals surface area (Å²) in [5.74, 6) is 1.51. The molecule has 0 bridgehead atoms. The van der Waals surface area contributed by atoms with Crippen LogP contribution < -0.4 is 10.2 Å². The summed E-state index contributed by atoms with van der Waals surface area (Å²) < 4.78 is 7.91. The number of halogens is 1. The number of nitrogens with zero attached hydrogens (tertiary/aromatic N) is 2. The van der Waals surface area contributed by atoms with Gasteiger partial charge in [0.1, 0.15) is 0 Å². The van der Waals surface area contributed by atoms with Crippen LogP contribution in [0.5, 0.6) is 5.75 Å². The Bertz CT molecular complexity index is 978. The van der Waals surface area contributed by atoms with Gasteiger partial charge >= 0.3 is 0 Å². The van der Waals surface area contributed by atoms with Crippen LogP contribution in [0.1, 0.15) is 49.5 Å². The monoisotopic (exact) mass is 386 g/mol. The summed E-state index contributed by atoms with van der Waals surface area (Å²) in [4.78, 5) is 28.2. The van der Waals surface area contributed by atoms with Crippen molar-refractivity contribution in [3.05, 3.63) is 44.8 Å². The van der Waals surface area contributed by atoms with Gasteiger partial charge in [0, 0.05) is 17.8 Å². The van der Waals surface area contributed by atoms with Crippen molar-refractivity contribution in [3.63, 3.8) is 0 Å². The molecule has 2 aliphatic rings. The van der Waals surface area contributed by atoms with E-state index in [-0.39, 0.29) is 22.4 Å². The van der Waals surface area contributed by atoms with E-state index in [0.29, 0.717) is 41.1 Å². The molecule has 1 aliphatic carbocycles. The molecule has 1 aliphatic heterocycles. The number of fused-ring (bicyclic) bond motifs is 3. The smallest absolute Gasteiger partial charge is 0.192 e. The SMILES string of the molecule is CC(C)C1(C)Cc2cc(OCC3CC3)c(Cl)nc2-c2cc(=O)c(C=O)cn21. The maximum atomic E-state index is 12.3. The van der Waals surface area contributed by atoms with E-state index in [1.54, 1.807) is 6.20 Å². The van der Waals surface area contributed by atoms with Crippen molar-refractivity contribution in [2.45, 2.75) is 45.6 Å². The normalized spacial score (nSPS) is 20.9. The van der Waals surface area contributed by atoms with Crippen LogP contribution in [0.2, 0.25) is 5.15 Å². The molecule has 0 N–H and O–H groups in total. The van der Waals surface area contributed by atoms with Crippen LogP contribution in [-0.4, -0.2) is 22.4 Å². The van der Waals surface area contributed by atoms with Crippen LogP contribution in [-0.2, 0) is 12.0 Å². The first-order valence-corrected chi connectivity index (χ1v) is 9.76. The molecule has 2 aromatic rings. The first kappa shape index (κ1) is 18.2. The van der Waals surface area contributed by atoms with Gasteiger partial charge in [0.25, 0.3) is 0 Å². The third-order valence-electron chi connectivity index (χ3n) is 5.99. The molecule has 2 aromatic heterocycles.